The summed E-state index contributed by atoms with van der Waals surface area (Å²) in [5, 5.41) is 0. The Labute approximate surface area is 126 Å². The normalized spacial score (nSPS) is 10.8. The zero-order chi connectivity index (χ0) is 13.2. The minimum Gasteiger partial charge on any atom is -0.140 e. The van der Waals surface area contributed by atoms with E-state index in [0.29, 0.717) is 0 Å². The molecule has 0 nitrogen and oxygen atoms in total. The van der Waals surface area contributed by atoms with Crippen molar-refractivity contribution in [3.05, 3.63) is 53.4 Å². The zero-order valence-electron chi connectivity index (χ0n) is 10.8. The van der Waals surface area contributed by atoms with Gasteiger partial charge in [-0.05, 0) is 55.1 Å². The van der Waals surface area contributed by atoms with Crippen LogP contribution >= 0.6 is 34.4 Å². The molecule has 0 spiro atoms. The Morgan fingerprint density at radius 1 is 0.737 bits per heavy atom. The Kier molecular flexibility index (Phi) is 3.78. The van der Waals surface area contributed by atoms with Crippen LogP contribution in [-0.4, -0.2) is 6.26 Å². The fourth-order valence-corrected chi connectivity index (χ4v) is 4.33. The monoisotopic (exact) mass is 302 g/mol. The van der Waals surface area contributed by atoms with Crippen LogP contribution in [0.3, 0.4) is 0 Å². The van der Waals surface area contributed by atoms with E-state index in [4.69, 9.17) is 0 Å². The zero-order valence-corrected chi connectivity index (χ0v) is 13.3. The molecule has 0 amide bonds. The van der Waals surface area contributed by atoms with Gasteiger partial charge in [0.1, 0.15) is 0 Å². The van der Waals surface area contributed by atoms with Crippen molar-refractivity contribution in [2.45, 2.75) is 11.8 Å². The van der Waals surface area contributed by atoms with Gasteiger partial charge in [0.05, 0.1) is 0 Å². The SMILES string of the molecule is CSc1ccc(-c2ccc(-c3ccc(C)s3)s2)cc1. The maximum atomic E-state index is 2.23. The minimum absolute atomic E-state index is 1.31. The predicted molar refractivity (Wildman–Crippen MR) is 89.6 cm³/mol. The summed E-state index contributed by atoms with van der Waals surface area (Å²) in [6, 6.07) is 17.7. The fourth-order valence-electron chi connectivity index (χ4n) is 1.95. The topological polar surface area (TPSA) is 0 Å². The highest BCUT2D eigenvalue weighted by Gasteiger charge is 2.06. The molecule has 96 valence electrons. The molecule has 0 radical (unpaired) electrons. The molecule has 0 aliphatic heterocycles. The van der Waals surface area contributed by atoms with Crippen molar-refractivity contribution in [2.24, 2.45) is 0 Å². The van der Waals surface area contributed by atoms with Crippen molar-refractivity contribution < 1.29 is 0 Å². The van der Waals surface area contributed by atoms with Crippen LogP contribution in [0.2, 0.25) is 0 Å². The van der Waals surface area contributed by atoms with Crippen molar-refractivity contribution in [3.63, 3.8) is 0 Å². The van der Waals surface area contributed by atoms with E-state index >= 15 is 0 Å². The first kappa shape index (κ1) is 13.0. The molecule has 2 aromatic heterocycles. The van der Waals surface area contributed by atoms with Gasteiger partial charge in [0.15, 0.2) is 0 Å². The van der Waals surface area contributed by atoms with Crippen LogP contribution in [0.4, 0.5) is 0 Å². The highest BCUT2D eigenvalue weighted by molar-refractivity contribution is 7.98. The third-order valence-electron chi connectivity index (χ3n) is 2.96. The van der Waals surface area contributed by atoms with Gasteiger partial charge in [-0.1, -0.05) is 12.1 Å². The molecule has 0 atom stereocenters. The molecule has 0 fully saturated rings. The average Bonchev–Trinajstić information content (AvgIpc) is 3.07. The van der Waals surface area contributed by atoms with Gasteiger partial charge < -0.3 is 0 Å². The standard InChI is InChI=1S/C16H14S3/c1-11-3-8-15(18-11)16-10-9-14(19-16)12-4-6-13(17-2)7-5-12/h3-10H,1-2H3. The van der Waals surface area contributed by atoms with Gasteiger partial charge in [0.2, 0.25) is 0 Å². The average molecular weight is 302 g/mol. The lowest BCUT2D eigenvalue weighted by atomic mass is 10.2. The minimum atomic E-state index is 1.31. The Morgan fingerprint density at radius 2 is 1.37 bits per heavy atom. The second-order valence-electron chi connectivity index (χ2n) is 4.30. The molecular weight excluding hydrogens is 288 g/mol. The lowest BCUT2D eigenvalue weighted by Gasteiger charge is -1.99. The summed E-state index contributed by atoms with van der Waals surface area (Å²) < 4.78 is 0. The Morgan fingerprint density at radius 3 is 2.00 bits per heavy atom. The summed E-state index contributed by atoms with van der Waals surface area (Å²) in [5.41, 5.74) is 1.31. The molecule has 0 aliphatic rings. The van der Waals surface area contributed by atoms with E-state index in [1.54, 1.807) is 11.8 Å². The van der Waals surface area contributed by atoms with E-state index in [1.807, 2.05) is 22.7 Å². The molecule has 3 heteroatoms. The van der Waals surface area contributed by atoms with Crippen LogP contribution in [0.5, 0.6) is 0 Å². The van der Waals surface area contributed by atoms with Gasteiger partial charge in [-0.25, -0.2) is 0 Å². The van der Waals surface area contributed by atoms with Crippen molar-refractivity contribution >= 4 is 34.4 Å². The summed E-state index contributed by atoms with van der Waals surface area (Å²) in [4.78, 5) is 6.76. The molecule has 0 bridgehead atoms. The van der Waals surface area contributed by atoms with Crippen LogP contribution in [0.15, 0.2) is 53.4 Å². The van der Waals surface area contributed by atoms with Crippen LogP contribution < -0.4 is 0 Å². The van der Waals surface area contributed by atoms with Crippen molar-refractivity contribution in [2.75, 3.05) is 6.26 Å². The van der Waals surface area contributed by atoms with Crippen molar-refractivity contribution in [1.29, 1.82) is 0 Å². The summed E-state index contributed by atoms with van der Waals surface area (Å²) in [6.07, 6.45) is 2.11. The smallest absolute Gasteiger partial charge is 0.0449 e. The number of thiophene rings is 2. The fraction of sp³-hybridized carbons (Fsp3) is 0.125. The maximum absolute atomic E-state index is 2.23. The van der Waals surface area contributed by atoms with Crippen LogP contribution in [0.1, 0.15) is 4.88 Å². The largest absolute Gasteiger partial charge is 0.140 e. The number of aryl methyl sites for hydroxylation is 1. The van der Waals surface area contributed by atoms with E-state index in [2.05, 4.69) is 61.7 Å². The lowest BCUT2D eigenvalue weighted by molar-refractivity contribution is 1.47. The third-order valence-corrected chi connectivity index (χ3v) is 6.04. The molecule has 0 aliphatic carbocycles. The van der Waals surface area contributed by atoms with Gasteiger partial charge in [0.25, 0.3) is 0 Å². The number of hydrogen-bond donors (Lipinski definition) is 0. The Hall–Kier alpha value is -1.03. The third kappa shape index (κ3) is 2.78. The van der Waals surface area contributed by atoms with Crippen LogP contribution in [0.25, 0.3) is 20.2 Å². The van der Waals surface area contributed by atoms with E-state index in [0.717, 1.165) is 0 Å². The first-order valence-electron chi connectivity index (χ1n) is 6.07. The molecule has 3 rings (SSSR count). The highest BCUT2D eigenvalue weighted by Crippen LogP contribution is 2.37. The Bertz CT molecular complexity index is 674. The first-order valence-corrected chi connectivity index (χ1v) is 8.93. The number of thioether (sulfide) groups is 1. The van der Waals surface area contributed by atoms with Gasteiger partial charge in [0, 0.05) is 24.4 Å². The van der Waals surface area contributed by atoms with E-state index in [1.165, 1.54) is 30.0 Å². The molecular formula is C16H14S3. The summed E-state index contributed by atoms with van der Waals surface area (Å²) in [7, 11) is 0. The van der Waals surface area contributed by atoms with Crippen molar-refractivity contribution in [3.8, 4) is 20.2 Å². The van der Waals surface area contributed by atoms with Gasteiger partial charge in [-0.3, -0.25) is 0 Å². The van der Waals surface area contributed by atoms with Crippen LogP contribution in [-0.2, 0) is 0 Å². The molecule has 0 N–H and O–H groups in total. The number of hydrogen-bond acceptors (Lipinski definition) is 3. The quantitative estimate of drug-likeness (QED) is 0.521. The van der Waals surface area contributed by atoms with Gasteiger partial charge in [-0.2, -0.15) is 0 Å². The molecule has 3 aromatic rings. The van der Waals surface area contributed by atoms with E-state index in [9.17, 15) is 0 Å². The molecule has 19 heavy (non-hydrogen) atoms. The highest BCUT2D eigenvalue weighted by atomic mass is 32.2. The van der Waals surface area contributed by atoms with Crippen LogP contribution in [0, 0.1) is 6.92 Å². The maximum Gasteiger partial charge on any atom is 0.0449 e. The summed E-state index contributed by atoms with van der Waals surface area (Å²) in [6.45, 7) is 2.16. The summed E-state index contributed by atoms with van der Waals surface area (Å²) >= 11 is 5.51. The predicted octanol–water partition coefficient (Wildman–Crippen LogP) is 6.17. The number of rotatable bonds is 3. The number of benzene rings is 1. The molecule has 0 saturated heterocycles. The van der Waals surface area contributed by atoms with E-state index in [-0.39, 0.29) is 0 Å². The summed E-state index contributed by atoms with van der Waals surface area (Å²) in [5.74, 6) is 0. The van der Waals surface area contributed by atoms with E-state index < -0.39 is 0 Å². The molecule has 0 saturated carbocycles. The molecule has 0 unspecified atom stereocenters. The van der Waals surface area contributed by atoms with Gasteiger partial charge >= 0.3 is 0 Å². The molecule has 2 heterocycles. The van der Waals surface area contributed by atoms with Gasteiger partial charge in [-0.15, -0.1) is 34.4 Å². The van der Waals surface area contributed by atoms with Crippen molar-refractivity contribution in [1.82, 2.24) is 0 Å². The second-order valence-corrected chi connectivity index (χ2v) is 7.55. The Balaban J connectivity index is 1.91. The molecule has 1 aromatic carbocycles. The first-order chi connectivity index (χ1) is 9.26. The second kappa shape index (κ2) is 5.53. The lowest BCUT2D eigenvalue weighted by Crippen LogP contribution is -1.72.